The van der Waals surface area contributed by atoms with E-state index in [1.165, 1.54) is 29.6 Å². The molecule has 2 aromatic carbocycles. The molecule has 2 N–H and O–H groups in total. The Labute approximate surface area is 208 Å². The van der Waals surface area contributed by atoms with E-state index in [-0.39, 0.29) is 30.5 Å². The fourth-order valence-electron chi connectivity index (χ4n) is 3.95. The summed E-state index contributed by atoms with van der Waals surface area (Å²) >= 11 is 0. The summed E-state index contributed by atoms with van der Waals surface area (Å²) in [6.45, 7) is 0.360. The van der Waals surface area contributed by atoms with Crippen LogP contribution in [-0.2, 0) is 17.8 Å². The van der Waals surface area contributed by atoms with Gasteiger partial charge in [-0.15, -0.1) is 0 Å². The molecule has 36 heavy (non-hydrogen) atoms. The van der Waals surface area contributed by atoms with Crippen molar-refractivity contribution in [3.05, 3.63) is 114 Å². The third-order valence-corrected chi connectivity index (χ3v) is 5.68. The first-order valence-electron chi connectivity index (χ1n) is 11.4. The van der Waals surface area contributed by atoms with Crippen LogP contribution in [0.15, 0.2) is 85.6 Å². The minimum atomic E-state index is -0.994. The molecule has 2 amide bonds. The fraction of sp³-hybridized carbons (Fsp3) is 0.185. The van der Waals surface area contributed by atoms with Crippen LogP contribution in [0.4, 0.5) is 4.39 Å². The van der Waals surface area contributed by atoms with E-state index in [2.05, 4.69) is 20.3 Å². The number of rotatable bonds is 10. The van der Waals surface area contributed by atoms with E-state index in [1.807, 2.05) is 18.2 Å². The van der Waals surface area contributed by atoms with Gasteiger partial charge in [0.15, 0.2) is 0 Å². The maximum absolute atomic E-state index is 13.6. The van der Waals surface area contributed by atoms with Crippen molar-refractivity contribution in [2.45, 2.75) is 19.0 Å². The van der Waals surface area contributed by atoms with Gasteiger partial charge in [0.1, 0.15) is 23.3 Å². The molecule has 2 aromatic heterocycles. The average Bonchev–Trinajstić information content (AvgIpc) is 3.44. The quantitative estimate of drug-likeness (QED) is 0.355. The number of carbonyl (C=O) groups excluding carboxylic acids is 2. The standard InChI is InChI=1S/C27H26FN5O3/c1-36-24-10-3-2-7-21(24)17-33(27(35)23-16-30-18-32-23)25(20-8-5-12-29-15-20)26(34)31-13-11-19-6-4-9-22(28)14-19/h2-10,12,14-16,18,25H,11,13,17H2,1H3,(H,30,32)(H,31,34). The monoisotopic (exact) mass is 487 g/mol. The van der Waals surface area contributed by atoms with Gasteiger partial charge in [0.05, 0.1) is 26.2 Å². The first-order valence-corrected chi connectivity index (χ1v) is 11.4. The van der Waals surface area contributed by atoms with Crippen molar-refractivity contribution < 1.29 is 18.7 Å². The molecule has 2 heterocycles. The first kappa shape index (κ1) is 24.6. The molecule has 8 nitrogen and oxygen atoms in total. The zero-order chi connectivity index (χ0) is 25.3. The second kappa shape index (κ2) is 11.7. The van der Waals surface area contributed by atoms with Gasteiger partial charge in [0.2, 0.25) is 5.91 Å². The number of nitrogens with zero attached hydrogens (tertiary/aromatic N) is 3. The van der Waals surface area contributed by atoms with E-state index in [4.69, 9.17) is 4.74 Å². The fourth-order valence-corrected chi connectivity index (χ4v) is 3.95. The highest BCUT2D eigenvalue weighted by Crippen LogP contribution is 2.28. The van der Waals surface area contributed by atoms with E-state index >= 15 is 0 Å². The minimum absolute atomic E-state index is 0.0960. The predicted octanol–water partition coefficient (Wildman–Crippen LogP) is 3.70. The number of H-pyrrole nitrogens is 1. The predicted molar refractivity (Wildman–Crippen MR) is 132 cm³/mol. The summed E-state index contributed by atoms with van der Waals surface area (Å²) in [6, 6.07) is 16.0. The smallest absolute Gasteiger partial charge is 0.273 e. The van der Waals surface area contributed by atoms with Crippen LogP contribution in [-0.4, -0.2) is 45.3 Å². The Bertz CT molecular complexity index is 1300. The Morgan fingerprint density at radius 2 is 1.94 bits per heavy atom. The molecule has 9 heteroatoms. The van der Waals surface area contributed by atoms with Crippen molar-refractivity contribution >= 4 is 11.8 Å². The molecule has 0 radical (unpaired) electrons. The van der Waals surface area contributed by atoms with Crippen LogP contribution in [0.1, 0.15) is 33.2 Å². The van der Waals surface area contributed by atoms with Gasteiger partial charge in [-0.05, 0) is 36.2 Å². The number of halogens is 1. The topological polar surface area (TPSA) is 100 Å². The summed E-state index contributed by atoms with van der Waals surface area (Å²) in [4.78, 5) is 39.6. The number of methoxy groups -OCH3 is 1. The maximum atomic E-state index is 13.6. The van der Waals surface area contributed by atoms with Gasteiger partial charge in [-0.2, -0.15) is 0 Å². The average molecular weight is 488 g/mol. The summed E-state index contributed by atoms with van der Waals surface area (Å²) in [5.41, 5.74) is 2.27. The number of hydrogen-bond acceptors (Lipinski definition) is 5. The summed E-state index contributed by atoms with van der Waals surface area (Å²) in [5, 5.41) is 2.90. The lowest BCUT2D eigenvalue weighted by atomic mass is 10.0. The van der Waals surface area contributed by atoms with Crippen LogP contribution in [0.3, 0.4) is 0 Å². The number of carbonyl (C=O) groups is 2. The molecule has 0 saturated heterocycles. The van der Waals surface area contributed by atoms with Crippen molar-refractivity contribution in [3.63, 3.8) is 0 Å². The van der Waals surface area contributed by atoms with Crippen LogP contribution in [0.25, 0.3) is 0 Å². The van der Waals surface area contributed by atoms with Gasteiger partial charge in [0.25, 0.3) is 5.91 Å². The van der Waals surface area contributed by atoms with Gasteiger partial charge in [-0.3, -0.25) is 14.6 Å². The molecule has 0 spiro atoms. The van der Waals surface area contributed by atoms with Crippen molar-refractivity contribution in [1.29, 1.82) is 0 Å². The van der Waals surface area contributed by atoms with Crippen LogP contribution in [0.5, 0.6) is 5.75 Å². The number of pyridine rings is 1. The first-order chi connectivity index (χ1) is 17.6. The van der Waals surface area contributed by atoms with Gasteiger partial charge in [-0.25, -0.2) is 9.37 Å². The van der Waals surface area contributed by atoms with Crippen molar-refractivity contribution in [1.82, 2.24) is 25.2 Å². The molecule has 0 aliphatic carbocycles. The number of amides is 2. The second-order valence-electron chi connectivity index (χ2n) is 8.07. The third-order valence-electron chi connectivity index (χ3n) is 5.68. The van der Waals surface area contributed by atoms with Crippen LogP contribution in [0, 0.1) is 5.82 Å². The number of aromatic nitrogens is 3. The third kappa shape index (κ3) is 5.93. The molecule has 0 fully saturated rings. The number of hydrogen-bond donors (Lipinski definition) is 2. The molecule has 1 atom stereocenters. The second-order valence-corrected chi connectivity index (χ2v) is 8.07. The van der Waals surface area contributed by atoms with Crippen molar-refractivity contribution in [3.8, 4) is 5.75 Å². The lowest BCUT2D eigenvalue weighted by molar-refractivity contribution is -0.126. The minimum Gasteiger partial charge on any atom is -0.496 e. The van der Waals surface area contributed by atoms with Gasteiger partial charge < -0.3 is 19.9 Å². The van der Waals surface area contributed by atoms with Crippen LogP contribution in [0.2, 0.25) is 0 Å². The van der Waals surface area contributed by atoms with Crippen LogP contribution >= 0.6 is 0 Å². The van der Waals surface area contributed by atoms with E-state index in [9.17, 15) is 14.0 Å². The molecule has 0 saturated carbocycles. The molecule has 0 bridgehead atoms. The number of ether oxygens (including phenoxy) is 1. The van der Waals surface area contributed by atoms with Crippen molar-refractivity contribution in [2.24, 2.45) is 0 Å². The molecule has 0 aliphatic rings. The van der Waals surface area contributed by atoms with Crippen LogP contribution < -0.4 is 10.1 Å². The molecule has 4 rings (SSSR count). The van der Waals surface area contributed by atoms with Crippen molar-refractivity contribution in [2.75, 3.05) is 13.7 Å². The zero-order valence-electron chi connectivity index (χ0n) is 19.7. The number of benzene rings is 2. The van der Waals surface area contributed by atoms with Gasteiger partial charge in [0, 0.05) is 30.1 Å². The Morgan fingerprint density at radius 3 is 2.67 bits per heavy atom. The van der Waals surface area contributed by atoms with Gasteiger partial charge >= 0.3 is 0 Å². The lowest BCUT2D eigenvalue weighted by Gasteiger charge is -2.31. The molecular weight excluding hydrogens is 461 g/mol. The lowest BCUT2D eigenvalue weighted by Crippen LogP contribution is -2.44. The highest BCUT2D eigenvalue weighted by Gasteiger charge is 2.33. The number of para-hydroxylation sites is 1. The normalized spacial score (nSPS) is 11.5. The number of aromatic amines is 1. The number of imidazole rings is 1. The maximum Gasteiger partial charge on any atom is 0.273 e. The molecular formula is C27H26FN5O3. The summed E-state index contributed by atoms with van der Waals surface area (Å²) in [5.74, 6) is -0.536. The molecule has 1 unspecified atom stereocenters. The zero-order valence-corrected chi connectivity index (χ0v) is 19.7. The SMILES string of the molecule is COc1ccccc1CN(C(=O)c1cnc[nH]1)C(C(=O)NCCc1cccc(F)c1)c1cccnc1. The Morgan fingerprint density at radius 1 is 1.08 bits per heavy atom. The van der Waals surface area contributed by atoms with E-state index in [0.29, 0.717) is 17.7 Å². The Kier molecular flexibility index (Phi) is 8.02. The Hall–Kier alpha value is -4.53. The summed E-state index contributed by atoms with van der Waals surface area (Å²) in [6.07, 6.45) is 6.42. The highest BCUT2D eigenvalue weighted by atomic mass is 19.1. The van der Waals surface area contributed by atoms with E-state index in [1.54, 1.807) is 49.8 Å². The van der Waals surface area contributed by atoms with Gasteiger partial charge in [-0.1, -0.05) is 36.4 Å². The molecule has 0 aliphatic heterocycles. The molecule has 4 aromatic rings. The van der Waals surface area contributed by atoms with E-state index < -0.39 is 11.9 Å². The van der Waals surface area contributed by atoms with E-state index in [0.717, 1.165) is 11.1 Å². The molecule has 184 valence electrons. The number of nitrogens with one attached hydrogen (secondary N) is 2. The largest absolute Gasteiger partial charge is 0.496 e. The summed E-state index contributed by atoms with van der Waals surface area (Å²) in [7, 11) is 1.55. The summed E-state index contributed by atoms with van der Waals surface area (Å²) < 4.78 is 19.0. The highest BCUT2D eigenvalue weighted by molar-refractivity contribution is 5.96. The Balaban J connectivity index is 1.65.